The zero-order valence-corrected chi connectivity index (χ0v) is 14.6. The molecule has 1 aromatic heterocycles. The first-order chi connectivity index (χ1) is 11.2. The molecule has 130 valence electrons. The van der Waals surface area contributed by atoms with Crippen molar-refractivity contribution in [1.82, 2.24) is 15.1 Å². The fourth-order valence-electron chi connectivity index (χ4n) is 2.96. The van der Waals surface area contributed by atoms with Gasteiger partial charge in [0.05, 0.1) is 11.9 Å². The summed E-state index contributed by atoms with van der Waals surface area (Å²) in [5.41, 5.74) is 8.41. The third-order valence-electron chi connectivity index (χ3n) is 4.26. The number of hydrogen-bond acceptors (Lipinski definition) is 4. The van der Waals surface area contributed by atoms with Gasteiger partial charge in [0.15, 0.2) is 0 Å². The number of anilines is 1. The van der Waals surface area contributed by atoms with E-state index in [2.05, 4.69) is 15.3 Å². The van der Waals surface area contributed by atoms with Crippen molar-refractivity contribution in [3.05, 3.63) is 47.8 Å². The highest BCUT2D eigenvalue weighted by Gasteiger charge is 2.22. The van der Waals surface area contributed by atoms with Crippen molar-refractivity contribution in [1.29, 1.82) is 0 Å². The number of aryl methyl sites for hydroxylation is 1. The Labute approximate surface area is 148 Å². The Hall–Kier alpha value is -2.05. The lowest BCUT2D eigenvalue weighted by Crippen LogP contribution is -2.47. The Balaban J connectivity index is 0.00000208. The van der Waals surface area contributed by atoms with Crippen molar-refractivity contribution in [2.45, 2.75) is 25.4 Å². The number of halogens is 1. The molecule has 1 aromatic carbocycles. The molecule has 1 atom stereocenters. The second-order valence-electron chi connectivity index (χ2n) is 6.03. The van der Waals surface area contributed by atoms with E-state index in [0.29, 0.717) is 12.1 Å². The molecular weight excluding hydrogens is 326 g/mol. The van der Waals surface area contributed by atoms with E-state index in [0.717, 1.165) is 37.2 Å². The Morgan fingerprint density at radius 1 is 1.38 bits per heavy atom. The molecule has 6 nitrogen and oxygen atoms in total. The van der Waals surface area contributed by atoms with Crippen LogP contribution >= 0.6 is 12.4 Å². The molecular formula is C17H24ClN5O. The summed E-state index contributed by atoms with van der Waals surface area (Å²) in [5.74, 6) is -0.0217. The van der Waals surface area contributed by atoms with Crippen LogP contribution in [0.25, 0.3) is 0 Å². The van der Waals surface area contributed by atoms with E-state index in [4.69, 9.17) is 5.73 Å². The fraction of sp³-hybridized carbons (Fsp3) is 0.412. The third kappa shape index (κ3) is 4.27. The molecule has 2 aromatic rings. The van der Waals surface area contributed by atoms with Crippen molar-refractivity contribution >= 4 is 24.0 Å². The molecule has 1 unspecified atom stereocenters. The highest BCUT2D eigenvalue weighted by Crippen LogP contribution is 2.19. The number of carbonyl (C=O) groups is 1. The van der Waals surface area contributed by atoms with E-state index < -0.39 is 0 Å². The van der Waals surface area contributed by atoms with Gasteiger partial charge in [-0.2, -0.15) is 5.10 Å². The molecule has 3 N–H and O–H groups in total. The predicted octanol–water partition coefficient (Wildman–Crippen LogP) is 1.70. The molecule has 0 aliphatic carbocycles. The van der Waals surface area contributed by atoms with Crippen molar-refractivity contribution in [2.75, 3.05) is 18.0 Å². The summed E-state index contributed by atoms with van der Waals surface area (Å²) in [7, 11) is 1.91. The van der Waals surface area contributed by atoms with E-state index in [1.807, 2.05) is 43.7 Å². The average molecular weight is 350 g/mol. The van der Waals surface area contributed by atoms with Crippen LogP contribution in [0.5, 0.6) is 0 Å². The van der Waals surface area contributed by atoms with Crippen LogP contribution in [0.1, 0.15) is 28.8 Å². The monoisotopic (exact) mass is 349 g/mol. The summed E-state index contributed by atoms with van der Waals surface area (Å²) < 4.78 is 1.80. The molecule has 24 heavy (non-hydrogen) atoms. The maximum Gasteiger partial charge on any atom is 0.251 e. The molecule has 1 saturated heterocycles. The number of rotatable bonds is 4. The van der Waals surface area contributed by atoms with Gasteiger partial charge < -0.3 is 16.0 Å². The summed E-state index contributed by atoms with van der Waals surface area (Å²) in [6.07, 6.45) is 5.95. The smallest absolute Gasteiger partial charge is 0.251 e. The Morgan fingerprint density at radius 2 is 2.12 bits per heavy atom. The molecule has 0 saturated carbocycles. The van der Waals surface area contributed by atoms with Gasteiger partial charge in [-0.3, -0.25) is 9.48 Å². The SMILES string of the molecule is Cl.Cn1cc(N2CCCC(NC(=O)c3ccc(CN)cc3)C2)cn1. The number of nitrogens with one attached hydrogen (secondary N) is 1. The topological polar surface area (TPSA) is 76.2 Å². The second kappa shape index (κ2) is 8.17. The van der Waals surface area contributed by atoms with Gasteiger partial charge in [0.2, 0.25) is 0 Å². The lowest BCUT2D eigenvalue weighted by molar-refractivity contribution is 0.0933. The van der Waals surface area contributed by atoms with Gasteiger partial charge in [-0.05, 0) is 30.5 Å². The minimum atomic E-state index is -0.0217. The van der Waals surface area contributed by atoms with Crippen LogP contribution in [0.4, 0.5) is 5.69 Å². The number of nitrogens with two attached hydrogens (primary N) is 1. The van der Waals surface area contributed by atoms with Gasteiger partial charge >= 0.3 is 0 Å². The first-order valence-corrected chi connectivity index (χ1v) is 7.99. The molecule has 1 fully saturated rings. The molecule has 7 heteroatoms. The molecule has 1 aliphatic rings. The van der Waals surface area contributed by atoms with Crippen molar-refractivity contribution in [3.8, 4) is 0 Å². The maximum absolute atomic E-state index is 12.4. The van der Waals surface area contributed by atoms with Gasteiger partial charge in [0.25, 0.3) is 5.91 Å². The summed E-state index contributed by atoms with van der Waals surface area (Å²) in [6.45, 7) is 2.31. The first-order valence-electron chi connectivity index (χ1n) is 7.99. The predicted molar refractivity (Wildman–Crippen MR) is 97.5 cm³/mol. The van der Waals surface area contributed by atoms with E-state index >= 15 is 0 Å². The van der Waals surface area contributed by atoms with Crippen LogP contribution in [-0.2, 0) is 13.6 Å². The Kier molecular flexibility index (Phi) is 6.23. The largest absolute Gasteiger partial charge is 0.367 e. The molecule has 0 radical (unpaired) electrons. The highest BCUT2D eigenvalue weighted by atomic mass is 35.5. The van der Waals surface area contributed by atoms with Crippen molar-refractivity contribution in [3.63, 3.8) is 0 Å². The third-order valence-corrected chi connectivity index (χ3v) is 4.26. The van der Waals surface area contributed by atoms with E-state index in [1.165, 1.54) is 0 Å². The zero-order valence-electron chi connectivity index (χ0n) is 13.8. The number of benzene rings is 1. The molecule has 0 spiro atoms. The molecule has 3 rings (SSSR count). The Bertz CT molecular complexity index is 670. The summed E-state index contributed by atoms with van der Waals surface area (Å²) in [6, 6.07) is 7.62. The van der Waals surface area contributed by atoms with Crippen molar-refractivity contribution in [2.24, 2.45) is 12.8 Å². The summed E-state index contributed by atoms with van der Waals surface area (Å²) >= 11 is 0. The normalized spacial score (nSPS) is 17.2. The number of aromatic nitrogens is 2. The van der Waals surface area contributed by atoms with Gasteiger partial charge in [-0.15, -0.1) is 12.4 Å². The minimum Gasteiger partial charge on any atom is -0.367 e. The average Bonchev–Trinajstić information content (AvgIpc) is 3.02. The summed E-state index contributed by atoms with van der Waals surface area (Å²) in [5, 5.41) is 7.36. The molecule has 0 bridgehead atoms. The maximum atomic E-state index is 12.4. The summed E-state index contributed by atoms with van der Waals surface area (Å²) in [4.78, 5) is 14.7. The standard InChI is InChI=1S/C17H23N5O.ClH/c1-21-12-16(10-19-21)22-8-2-3-15(11-22)20-17(23)14-6-4-13(9-18)5-7-14;/h4-7,10,12,15H,2-3,8-9,11,18H2,1H3,(H,20,23);1H. The second-order valence-corrected chi connectivity index (χ2v) is 6.03. The van der Waals surface area contributed by atoms with Crippen LogP contribution in [0.15, 0.2) is 36.7 Å². The lowest BCUT2D eigenvalue weighted by Gasteiger charge is -2.33. The van der Waals surface area contributed by atoms with Crippen LogP contribution in [0.2, 0.25) is 0 Å². The zero-order chi connectivity index (χ0) is 16.2. The number of carbonyl (C=O) groups excluding carboxylic acids is 1. The van der Waals surface area contributed by atoms with Gasteiger partial charge in [-0.1, -0.05) is 12.1 Å². The fourth-order valence-corrected chi connectivity index (χ4v) is 2.96. The first kappa shape index (κ1) is 18.3. The van der Waals surface area contributed by atoms with E-state index in [1.54, 1.807) is 4.68 Å². The van der Waals surface area contributed by atoms with Gasteiger partial charge in [0, 0.05) is 44.5 Å². The van der Waals surface area contributed by atoms with Crippen LogP contribution in [0, 0.1) is 0 Å². The number of piperidine rings is 1. The Morgan fingerprint density at radius 3 is 2.75 bits per heavy atom. The minimum absolute atomic E-state index is 0. The molecule has 2 heterocycles. The van der Waals surface area contributed by atoms with Crippen LogP contribution in [0.3, 0.4) is 0 Å². The van der Waals surface area contributed by atoms with E-state index in [-0.39, 0.29) is 24.4 Å². The number of hydrogen-bond donors (Lipinski definition) is 2. The van der Waals surface area contributed by atoms with Crippen LogP contribution < -0.4 is 16.0 Å². The van der Waals surface area contributed by atoms with Gasteiger partial charge in [0.1, 0.15) is 0 Å². The molecule has 1 aliphatic heterocycles. The number of nitrogens with zero attached hydrogens (tertiary/aromatic N) is 3. The van der Waals surface area contributed by atoms with E-state index in [9.17, 15) is 4.79 Å². The number of amides is 1. The van der Waals surface area contributed by atoms with Crippen molar-refractivity contribution < 1.29 is 4.79 Å². The van der Waals surface area contributed by atoms with Gasteiger partial charge in [-0.25, -0.2) is 0 Å². The van der Waals surface area contributed by atoms with Crippen LogP contribution in [-0.4, -0.2) is 34.8 Å². The lowest BCUT2D eigenvalue weighted by atomic mass is 10.0. The highest BCUT2D eigenvalue weighted by molar-refractivity contribution is 5.94. The molecule has 1 amide bonds. The quantitative estimate of drug-likeness (QED) is 0.880.